The Hall–Kier alpha value is -3.68. The van der Waals surface area contributed by atoms with Crippen LogP contribution in [-0.2, 0) is 4.79 Å². The minimum absolute atomic E-state index is 0.0749. The van der Waals surface area contributed by atoms with Crippen molar-refractivity contribution in [3.05, 3.63) is 66.5 Å². The third-order valence-electron chi connectivity index (χ3n) is 5.62. The second kappa shape index (κ2) is 9.64. The van der Waals surface area contributed by atoms with Crippen molar-refractivity contribution in [2.24, 2.45) is 0 Å². The number of amides is 2. The lowest BCUT2D eigenvalue weighted by Crippen LogP contribution is -2.46. The molecule has 1 aromatic carbocycles. The number of carbonyl (C=O) groups excluding carboxylic acids is 2. The number of nitrogens with one attached hydrogen (secondary N) is 1. The van der Waals surface area contributed by atoms with E-state index in [-0.39, 0.29) is 17.7 Å². The second-order valence-corrected chi connectivity index (χ2v) is 7.60. The van der Waals surface area contributed by atoms with Crippen LogP contribution in [0, 0.1) is 0 Å². The molecule has 8 nitrogen and oxygen atoms in total. The maximum Gasteiger partial charge on any atom is 0.295 e. The number of rotatable bonds is 8. The van der Waals surface area contributed by atoms with Crippen molar-refractivity contribution in [3.8, 4) is 11.5 Å². The third-order valence-corrected chi connectivity index (χ3v) is 5.62. The van der Waals surface area contributed by atoms with E-state index in [4.69, 9.17) is 18.3 Å². The van der Waals surface area contributed by atoms with Crippen molar-refractivity contribution in [2.75, 3.05) is 19.1 Å². The molecule has 1 fully saturated rings. The summed E-state index contributed by atoms with van der Waals surface area (Å²) in [4.78, 5) is 28.5. The number of hydrogen-bond donors (Lipinski definition) is 1. The maximum absolute atomic E-state index is 13.6. The third kappa shape index (κ3) is 4.34. The van der Waals surface area contributed by atoms with Gasteiger partial charge in [0.15, 0.2) is 23.3 Å². The van der Waals surface area contributed by atoms with Crippen LogP contribution in [0.25, 0.3) is 0 Å². The van der Waals surface area contributed by atoms with Gasteiger partial charge in [-0.15, -0.1) is 0 Å². The number of carbonyl (C=O) groups is 2. The highest BCUT2D eigenvalue weighted by molar-refractivity contribution is 6.08. The molecule has 1 aliphatic carbocycles. The van der Waals surface area contributed by atoms with E-state index < -0.39 is 11.9 Å². The molecule has 0 unspecified atom stereocenters. The Morgan fingerprint density at radius 3 is 2.34 bits per heavy atom. The van der Waals surface area contributed by atoms with Crippen LogP contribution in [0.5, 0.6) is 11.5 Å². The molecule has 1 saturated carbocycles. The van der Waals surface area contributed by atoms with Gasteiger partial charge in [0, 0.05) is 17.8 Å². The second-order valence-electron chi connectivity index (χ2n) is 7.60. The van der Waals surface area contributed by atoms with E-state index in [1.54, 1.807) is 42.5 Å². The maximum atomic E-state index is 13.6. The molecule has 1 N–H and O–H groups in total. The SMILES string of the molecule is COc1ccc(N(C(=O)c2ccco2)[C@H](C(=O)NC2CCCC2)c2ccco2)cc1OC. The number of methoxy groups -OCH3 is 2. The van der Waals surface area contributed by atoms with E-state index in [2.05, 4.69) is 5.32 Å². The molecule has 2 heterocycles. The first-order valence-corrected chi connectivity index (χ1v) is 10.5. The molecule has 32 heavy (non-hydrogen) atoms. The molecule has 3 aromatic rings. The molecule has 168 valence electrons. The van der Waals surface area contributed by atoms with E-state index in [0.717, 1.165) is 25.7 Å². The predicted molar refractivity (Wildman–Crippen MR) is 117 cm³/mol. The van der Waals surface area contributed by atoms with E-state index in [0.29, 0.717) is 22.9 Å². The summed E-state index contributed by atoms with van der Waals surface area (Å²) >= 11 is 0. The van der Waals surface area contributed by atoms with Crippen molar-refractivity contribution in [2.45, 2.75) is 37.8 Å². The first-order valence-electron chi connectivity index (χ1n) is 10.5. The topological polar surface area (TPSA) is 94.2 Å². The predicted octanol–water partition coefficient (Wildman–Crippen LogP) is 4.34. The standard InChI is InChI=1S/C24H26N2O6/c1-29-18-12-11-17(15-21(18)30-2)26(24(28)20-10-6-14-32-20)22(19-9-5-13-31-19)23(27)25-16-7-3-4-8-16/h5-6,9-16,22H,3-4,7-8H2,1-2H3,(H,25,27)/t22-/m0/s1. The van der Waals surface area contributed by atoms with E-state index in [1.807, 2.05) is 0 Å². The fraction of sp³-hybridized carbons (Fsp3) is 0.333. The average Bonchev–Trinajstić information content (AvgIpc) is 3.60. The lowest BCUT2D eigenvalue weighted by atomic mass is 10.1. The van der Waals surface area contributed by atoms with Crippen molar-refractivity contribution >= 4 is 17.5 Å². The van der Waals surface area contributed by atoms with Gasteiger partial charge in [-0.2, -0.15) is 0 Å². The van der Waals surface area contributed by atoms with Crippen molar-refractivity contribution in [3.63, 3.8) is 0 Å². The summed E-state index contributed by atoms with van der Waals surface area (Å²) in [6, 6.07) is 10.6. The number of nitrogens with zero attached hydrogens (tertiary/aromatic N) is 1. The lowest BCUT2D eigenvalue weighted by molar-refractivity contribution is -0.123. The molecule has 0 aliphatic heterocycles. The highest BCUT2D eigenvalue weighted by Gasteiger charge is 2.37. The average molecular weight is 438 g/mol. The number of hydrogen-bond acceptors (Lipinski definition) is 6. The number of furan rings is 2. The van der Waals surface area contributed by atoms with Gasteiger partial charge in [-0.05, 0) is 49.2 Å². The molecule has 0 bridgehead atoms. The van der Waals surface area contributed by atoms with Crippen LogP contribution in [0.1, 0.15) is 48.0 Å². The Bertz CT molecular complexity index is 1040. The highest BCUT2D eigenvalue weighted by Crippen LogP contribution is 2.36. The van der Waals surface area contributed by atoms with Gasteiger partial charge >= 0.3 is 0 Å². The van der Waals surface area contributed by atoms with Gasteiger partial charge in [-0.25, -0.2) is 0 Å². The van der Waals surface area contributed by atoms with Crippen LogP contribution in [-0.4, -0.2) is 32.1 Å². The molecule has 1 atom stereocenters. The normalized spacial score (nSPS) is 14.7. The zero-order chi connectivity index (χ0) is 22.5. The molecule has 0 saturated heterocycles. The van der Waals surface area contributed by atoms with E-state index in [1.165, 1.54) is 31.6 Å². The first kappa shape index (κ1) is 21.5. The monoisotopic (exact) mass is 438 g/mol. The number of benzene rings is 1. The van der Waals surface area contributed by atoms with E-state index in [9.17, 15) is 9.59 Å². The van der Waals surface area contributed by atoms with Crippen molar-refractivity contribution < 1.29 is 27.9 Å². The minimum Gasteiger partial charge on any atom is -0.493 e. The Labute approximate surface area is 186 Å². The Morgan fingerprint density at radius 1 is 1.00 bits per heavy atom. The molecule has 2 aromatic heterocycles. The zero-order valence-electron chi connectivity index (χ0n) is 18.1. The summed E-state index contributed by atoms with van der Waals surface area (Å²) in [5, 5.41) is 3.09. The van der Waals surface area contributed by atoms with Crippen LogP contribution in [0.2, 0.25) is 0 Å². The van der Waals surface area contributed by atoms with Gasteiger partial charge in [0.05, 0.1) is 26.7 Å². The fourth-order valence-corrected chi connectivity index (χ4v) is 4.05. The van der Waals surface area contributed by atoms with Gasteiger partial charge in [-0.1, -0.05) is 12.8 Å². The summed E-state index contributed by atoms with van der Waals surface area (Å²) in [6.07, 6.45) is 6.87. The summed E-state index contributed by atoms with van der Waals surface area (Å²) in [7, 11) is 3.04. The van der Waals surface area contributed by atoms with Gasteiger partial charge in [0.1, 0.15) is 5.76 Å². The summed E-state index contributed by atoms with van der Waals surface area (Å²) < 4.78 is 21.7. The van der Waals surface area contributed by atoms with Gasteiger partial charge in [0.2, 0.25) is 0 Å². The van der Waals surface area contributed by atoms with Crippen molar-refractivity contribution in [1.82, 2.24) is 5.32 Å². The Morgan fingerprint density at radius 2 is 1.72 bits per heavy atom. The summed E-state index contributed by atoms with van der Waals surface area (Å²) in [5.41, 5.74) is 0.437. The molecule has 2 amide bonds. The quantitative estimate of drug-likeness (QED) is 0.562. The van der Waals surface area contributed by atoms with Gasteiger partial charge in [0.25, 0.3) is 11.8 Å². The highest BCUT2D eigenvalue weighted by atomic mass is 16.5. The Kier molecular flexibility index (Phi) is 6.49. The van der Waals surface area contributed by atoms with Crippen LogP contribution in [0.3, 0.4) is 0 Å². The van der Waals surface area contributed by atoms with Crippen molar-refractivity contribution in [1.29, 1.82) is 0 Å². The lowest BCUT2D eigenvalue weighted by Gasteiger charge is -2.30. The molecular formula is C24H26N2O6. The minimum atomic E-state index is -1.04. The Balaban J connectivity index is 1.80. The summed E-state index contributed by atoms with van der Waals surface area (Å²) in [5.74, 6) is 0.579. The molecule has 0 spiro atoms. The largest absolute Gasteiger partial charge is 0.493 e. The van der Waals surface area contributed by atoms with Gasteiger partial charge in [-0.3, -0.25) is 14.5 Å². The van der Waals surface area contributed by atoms with Crippen LogP contribution >= 0.6 is 0 Å². The fourth-order valence-electron chi connectivity index (χ4n) is 4.05. The van der Waals surface area contributed by atoms with Crippen LogP contribution in [0.15, 0.2) is 63.8 Å². The number of anilines is 1. The van der Waals surface area contributed by atoms with Crippen LogP contribution < -0.4 is 19.7 Å². The zero-order valence-corrected chi connectivity index (χ0v) is 18.1. The number of ether oxygens (including phenoxy) is 2. The molecule has 1 aliphatic rings. The van der Waals surface area contributed by atoms with Crippen LogP contribution in [0.4, 0.5) is 5.69 Å². The molecule has 0 radical (unpaired) electrons. The van der Waals surface area contributed by atoms with E-state index >= 15 is 0 Å². The summed E-state index contributed by atoms with van der Waals surface area (Å²) in [6.45, 7) is 0. The molecular weight excluding hydrogens is 412 g/mol. The molecule has 8 heteroatoms. The first-order chi connectivity index (χ1) is 15.6. The smallest absolute Gasteiger partial charge is 0.295 e. The van der Waals surface area contributed by atoms with Gasteiger partial charge < -0.3 is 23.6 Å². The molecule has 4 rings (SSSR count).